The zero-order chi connectivity index (χ0) is 30.5. The monoisotopic (exact) mass is 639 g/mol. The third-order valence-corrected chi connectivity index (χ3v) is 10.1. The van der Waals surface area contributed by atoms with Gasteiger partial charge < -0.3 is 4.90 Å². The summed E-state index contributed by atoms with van der Waals surface area (Å²) in [5.41, 5.74) is 4.23. The number of benzene rings is 3. The summed E-state index contributed by atoms with van der Waals surface area (Å²) < 4.78 is 1.06. The number of hydrogen-bond donors (Lipinski definition) is 0. The second kappa shape index (κ2) is 14.2. The minimum Gasteiger partial charge on any atom is -0.328 e. The van der Waals surface area contributed by atoms with Crippen molar-refractivity contribution in [1.82, 2.24) is 4.90 Å². The van der Waals surface area contributed by atoms with Gasteiger partial charge in [-0.05, 0) is 69.6 Å². The number of amides is 1. The van der Waals surface area contributed by atoms with Gasteiger partial charge in [-0.25, -0.2) is 0 Å². The quantitative estimate of drug-likeness (QED) is 0.146. The summed E-state index contributed by atoms with van der Waals surface area (Å²) in [6.45, 7) is 11.3. The molecule has 0 N–H and O–H groups in total. The molecule has 2 aliphatic rings. The summed E-state index contributed by atoms with van der Waals surface area (Å²) in [6, 6.07) is 10.7. The molecule has 1 aliphatic heterocycles. The fraction of sp³-hybridized carbons (Fsp3) is 0.436. The van der Waals surface area contributed by atoms with Crippen LogP contribution in [0.5, 0.6) is 0 Å². The van der Waals surface area contributed by atoms with Crippen LogP contribution < -0.4 is 5.22 Å². The number of hydrogen-bond acceptors (Lipinski definition) is 2. The summed E-state index contributed by atoms with van der Waals surface area (Å²) in [6.07, 6.45) is 18.8. The Bertz CT molecular complexity index is 1650. The van der Waals surface area contributed by atoms with E-state index in [-0.39, 0.29) is 24.3 Å². The molecule has 1 heterocycles. The number of ketones is 1. The van der Waals surface area contributed by atoms with Gasteiger partial charge in [-0.15, -0.1) is 0 Å². The minimum atomic E-state index is 0.00550. The number of fused-ring (bicyclic) bond motifs is 3. The molecule has 0 fully saturated rings. The van der Waals surface area contributed by atoms with Crippen LogP contribution in [-0.4, -0.2) is 29.2 Å². The standard InChI is InChI=1S/C39H46BrNO2/c1-5-8-10-12-17-27(18-13-11-9-6-2)41-25-35(42)32-22-15-19-29-30-20-14-21-31-34(40)24-23-28(37(30)31)26(4)36(29)38(32)33(16-7-3)39(41)43/h14-16,20-24,27H,4-13,17-19,25H2,1-3H3. The smallest absolute Gasteiger partial charge is 0.254 e. The lowest BCUT2D eigenvalue weighted by Gasteiger charge is -2.32. The summed E-state index contributed by atoms with van der Waals surface area (Å²) in [5.74, 6) is 0.0403. The number of nitrogens with zero attached hydrogens (tertiary/aromatic N) is 1. The highest BCUT2D eigenvalue weighted by molar-refractivity contribution is 9.10. The third kappa shape index (κ3) is 6.18. The van der Waals surface area contributed by atoms with Crippen molar-refractivity contribution < 1.29 is 9.59 Å². The van der Waals surface area contributed by atoms with E-state index in [0.717, 1.165) is 74.7 Å². The van der Waals surface area contributed by atoms with Gasteiger partial charge in [0.15, 0.2) is 5.78 Å². The Morgan fingerprint density at radius 3 is 2.28 bits per heavy atom. The van der Waals surface area contributed by atoms with Crippen LogP contribution in [0.2, 0.25) is 0 Å². The molecule has 4 heteroatoms. The SMILES string of the molecule is C=c1c2c(c3cccc4c(Br)ccc1c43)CC=CC1=C2C(=CCC)C(=O)N(C(CCCCCC)CCCCCC)CC1=O. The maximum Gasteiger partial charge on any atom is 0.254 e. The highest BCUT2D eigenvalue weighted by atomic mass is 79.9. The summed E-state index contributed by atoms with van der Waals surface area (Å²) in [5, 5.41) is 5.47. The molecular formula is C39H46BrNO2. The number of allylic oxidation sites excluding steroid dienone is 3. The van der Waals surface area contributed by atoms with Gasteiger partial charge in [0.1, 0.15) is 0 Å². The van der Waals surface area contributed by atoms with E-state index < -0.39 is 0 Å². The van der Waals surface area contributed by atoms with Crippen molar-refractivity contribution in [2.24, 2.45) is 0 Å². The normalized spacial score (nSPS) is 16.5. The predicted octanol–water partition coefficient (Wildman–Crippen LogP) is 9.81. The van der Waals surface area contributed by atoms with Crippen LogP contribution in [0.1, 0.15) is 103 Å². The molecule has 226 valence electrons. The molecule has 1 amide bonds. The van der Waals surface area contributed by atoms with E-state index in [0.29, 0.717) is 17.6 Å². The van der Waals surface area contributed by atoms with Crippen LogP contribution >= 0.6 is 15.9 Å². The van der Waals surface area contributed by atoms with Crippen molar-refractivity contribution in [3.63, 3.8) is 0 Å². The molecule has 0 aromatic heterocycles. The van der Waals surface area contributed by atoms with Gasteiger partial charge in [-0.2, -0.15) is 0 Å². The van der Waals surface area contributed by atoms with Gasteiger partial charge in [0.05, 0.1) is 6.54 Å². The van der Waals surface area contributed by atoms with Crippen LogP contribution in [-0.2, 0) is 16.0 Å². The molecule has 0 saturated heterocycles. The van der Waals surface area contributed by atoms with Gasteiger partial charge in [-0.1, -0.05) is 137 Å². The molecule has 43 heavy (non-hydrogen) atoms. The molecule has 3 aromatic carbocycles. The molecule has 0 unspecified atom stereocenters. The highest BCUT2D eigenvalue weighted by Gasteiger charge is 2.37. The Morgan fingerprint density at radius 1 is 0.907 bits per heavy atom. The first-order chi connectivity index (χ1) is 20.9. The van der Waals surface area contributed by atoms with Crippen LogP contribution in [0.15, 0.2) is 64.2 Å². The van der Waals surface area contributed by atoms with Crippen molar-refractivity contribution in [2.45, 2.75) is 104 Å². The van der Waals surface area contributed by atoms with E-state index in [1.807, 2.05) is 11.0 Å². The Morgan fingerprint density at radius 2 is 1.60 bits per heavy atom. The predicted molar refractivity (Wildman–Crippen MR) is 186 cm³/mol. The van der Waals surface area contributed by atoms with Crippen LogP contribution in [0.25, 0.3) is 33.7 Å². The molecule has 3 nitrogen and oxygen atoms in total. The van der Waals surface area contributed by atoms with E-state index in [1.54, 1.807) is 0 Å². The molecule has 3 aromatic rings. The number of rotatable bonds is 12. The molecule has 0 spiro atoms. The lowest BCUT2D eigenvalue weighted by molar-refractivity contribution is -0.133. The molecule has 0 bridgehead atoms. The van der Waals surface area contributed by atoms with Crippen molar-refractivity contribution in [3.8, 4) is 0 Å². The van der Waals surface area contributed by atoms with Gasteiger partial charge in [-0.3, -0.25) is 9.59 Å². The number of carbonyl (C=O) groups is 2. The summed E-state index contributed by atoms with van der Waals surface area (Å²) in [4.78, 5) is 30.9. The van der Waals surface area contributed by atoms with E-state index in [1.165, 1.54) is 43.9 Å². The van der Waals surface area contributed by atoms with E-state index in [2.05, 4.69) is 85.8 Å². The van der Waals surface area contributed by atoms with Gasteiger partial charge in [0.25, 0.3) is 5.91 Å². The molecule has 5 rings (SSSR count). The first-order valence-electron chi connectivity index (χ1n) is 16.5. The summed E-state index contributed by atoms with van der Waals surface area (Å²) in [7, 11) is 0. The topological polar surface area (TPSA) is 37.4 Å². The lowest BCUT2D eigenvalue weighted by Crippen LogP contribution is -2.43. The molecule has 0 radical (unpaired) electrons. The fourth-order valence-electron chi connectivity index (χ4n) is 7.20. The van der Waals surface area contributed by atoms with Gasteiger partial charge >= 0.3 is 0 Å². The van der Waals surface area contributed by atoms with Gasteiger partial charge in [0, 0.05) is 27.2 Å². The van der Waals surface area contributed by atoms with Crippen LogP contribution in [0.3, 0.4) is 0 Å². The minimum absolute atomic E-state index is 0.00550. The number of halogens is 1. The second-order valence-electron chi connectivity index (χ2n) is 12.3. The van der Waals surface area contributed by atoms with Crippen molar-refractivity contribution >= 4 is 61.3 Å². The second-order valence-corrected chi connectivity index (χ2v) is 13.1. The first kappa shape index (κ1) is 31.4. The van der Waals surface area contributed by atoms with Crippen LogP contribution in [0.4, 0.5) is 0 Å². The largest absolute Gasteiger partial charge is 0.328 e. The molecule has 0 atom stereocenters. The summed E-state index contributed by atoms with van der Waals surface area (Å²) >= 11 is 3.75. The van der Waals surface area contributed by atoms with Crippen molar-refractivity contribution in [1.29, 1.82) is 0 Å². The van der Waals surface area contributed by atoms with E-state index >= 15 is 0 Å². The average Bonchev–Trinajstić information content (AvgIpc) is 3.26. The highest BCUT2D eigenvalue weighted by Crippen LogP contribution is 2.41. The zero-order valence-electron chi connectivity index (χ0n) is 26.2. The maximum absolute atomic E-state index is 14.7. The van der Waals surface area contributed by atoms with Crippen LogP contribution in [0, 0.1) is 0 Å². The molecule has 1 aliphatic carbocycles. The van der Waals surface area contributed by atoms with Crippen molar-refractivity contribution in [3.05, 3.63) is 80.5 Å². The number of unbranched alkanes of at least 4 members (excludes halogenated alkanes) is 6. The van der Waals surface area contributed by atoms with E-state index in [4.69, 9.17) is 0 Å². The Balaban J connectivity index is 1.66. The third-order valence-electron chi connectivity index (χ3n) is 9.37. The van der Waals surface area contributed by atoms with E-state index in [9.17, 15) is 9.59 Å². The Labute approximate surface area is 265 Å². The zero-order valence-corrected chi connectivity index (χ0v) is 27.8. The Kier molecular flexibility index (Phi) is 10.4. The molecular weight excluding hydrogens is 594 g/mol. The first-order valence-corrected chi connectivity index (χ1v) is 17.3. The fourth-order valence-corrected chi connectivity index (χ4v) is 7.66. The Hall–Kier alpha value is -2.98. The number of Topliss-reactive ketones (excluding diaryl/α,β-unsaturated/α-hetero) is 1. The maximum atomic E-state index is 14.7. The lowest BCUT2D eigenvalue weighted by atomic mass is 9.83. The molecule has 0 saturated carbocycles. The number of carbonyl (C=O) groups excluding carboxylic acids is 2. The van der Waals surface area contributed by atoms with Crippen molar-refractivity contribution in [2.75, 3.05) is 6.54 Å². The van der Waals surface area contributed by atoms with Gasteiger partial charge in [0.2, 0.25) is 0 Å². The average molecular weight is 641 g/mol.